The summed E-state index contributed by atoms with van der Waals surface area (Å²) in [6.07, 6.45) is 5.13. The van der Waals surface area contributed by atoms with Crippen LogP contribution in [0.4, 0.5) is 11.6 Å². The largest absolute Gasteiger partial charge is 0.497 e. The minimum Gasteiger partial charge on any atom is -0.497 e. The quantitative estimate of drug-likeness (QED) is 0.430. The molecule has 0 aliphatic heterocycles. The number of nitrogens with one attached hydrogen (secondary N) is 2. The monoisotopic (exact) mass is 403 g/mol. The standard InChI is InChI=1S/C21H21N7O2/c1-29-14-7-8-17(30-2)16(11-14)25-21-26-20(27-28-21)15-6-4-10-24-19(15)18(22)13-5-3-9-23-12-13/h3-12,18H,22H2,1-2H3,(H2,25,26,27,28). The highest BCUT2D eigenvalue weighted by Gasteiger charge is 2.18. The van der Waals surface area contributed by atoms with E-state index < -0.39 is 6.04 Å². The lowest BCUT2D eigenvalue weighted by atomic mass is 10.0. The van der Waals surface area contributed by atoms with Crippen molar-refractivity contribution in [1.82, 2.24) is 25.1 Å². The Labute approximate surface area is 173 Å². The SMILES string of the molecule is COc1ccc(OC)c(Nc2nnc(-c3cccnc3C(N)c3cccnc3)[nH]2)c1. The van der Waals surface area contributed by atoms with E-state index in [-0.39, 0.29) is 0 Å². The number of aromatic nitrogens is 5. The molecule has 0 aliphatic rings. The first-order valence-corrected chi connectivity index (χ1v) is 9.22. The van der Waals surface area contributed by atoms with Crippen molar-refractivity contribution < 1.29 is 9.47 Å². The van der Waals surface area contributed by atoms with E-state index in [1.54, 1.807) is 32.8 Å². The molecule has 30 heavy (non-hydrogen) atoms. The molecule has 9 heteroatoms. The van der Waals surface area contributed by atoms with Gasteiger partial charge >= 0.3 is 0 Å². The summed E-state index contributed by atoms with van der Waals surface area (Å²) in [6.45, 7) is 0. The number of H-pyrrole nitrogens is 1. The minimum atomic E-state index is -0.449. The molecule has 0 saturated heterocycles. The van der Waals surface area contributed by atoms with Gasteiger partial charge in [-0.25, -0.2) is 0 Å². The topological polar surface area (TPSA) is 124 Å². The lowest BCUT2D eigenvalue weighted by molar-refractivity contribution is 0.405. The van der Waals surface area contributed by atoms with Crippen LogP contribution >= 0.6 is 0 Å². The number of anilines is 2. The fourth-order valence-corrected chi connectivity index (χ4v) is 3.06. The average molecular weight is 403 g/mol. The number of nitrogens with two attached hydrogens (primary N) is 1. The maximum atomic E-state index is 6.44. The second-order valence-corrected chi connectivity index (χ2v) is 6.41. The summed E-state index contributed by atoms with van der Waals surface area (Å²) >= 11 is 0. The molecule has 0 aliphatic carbocycles. The smallest absolute Gasteiger partial charge is 0.226 e. The molecule has 3 aromatic heterocycles. The first kappa shape index (κ1) is 19.3. The van der Waals surface area contributed by atoms with E-state index in [1.807, 2.05) is 42.5 Å². The Kier molecular flexibility index (Phi) is 5.53. The number of benzene rings is 1. The van der Waals surface area contributed by atoms with Crippen LogP contribution in [0.3, 0.4) is 0 Å². The third-order valence-corrected chi connectivity index (χ3v) is 4.58. The van der Waals surface area contributed by atoms with E-state index in [2.05, 4.69) is 30.5 Å². The summed E-state index contributed by atoms with van der Waals surface area (Å²) < 4.78 is 10.7. The molecule has 4 rings (SSSR count). The molecule has 3 heterocycles. The van der Waals surface area contributed by atoms with Gasteiger partial charge in [0, 0.05) is 30.2 Å². The number of aromatic amines is 1. The molecule has 4 aromatic rings. The van der Waals surface area contributed by atoms with Gasteiger partial charge in [0.15, 0.2) is 5.82 Å². The maximum absolute atomic E-state index is 6.44. The summed E-state index contributed by atoms with van der Waals surface area (Å²) in [4.78, 5) is 11.8. The minimum absolute atomic E-state index is 0.446. The molecule has 0 bridgehead atoms. The van der Waals surface area contributed by atoms with Crippen molar-refractivity contribution in [2.45, 2.75) is 6.04 Å². The Hall–Kier alpha value is -3.98. The van der Waals surface area contributed by atoms with Crippen LogP contribution in [0.25, 0.3) is 11.4 Å². The highest BCUT2D eigenvalue weighted by molar-refractivity contribution is 5.67. The fourth-order valence-electron chi connectivity index (χ4n) is 3.06. The van der Waals surface area contributed by atoms with Gasteiger partial charge in [0.1, 0.15) is 11.5 Å². The van der Waals surface area contributed by atoms with Crippen LogP contribution in [0.2, 0.25) is 0 Å². The Morgan fingerprint density at radius 1 is 1.03 bits per heavy atom. The van der Waals surface area contributed by atoms with Crippen LogP contribution in [0, 0.1) is 0 Å². The molecule has 4 N–H and O–H groups in total. The maximum Gasteiger partial charge on any atom is 0.226 e. The third-order valence-electron chi connectivity index (χ3n) is 4.58. The second-order valence-electron chi connectivity index (χ2n) is 6.41. The predicted octanol–water partition coefficient (Wildman–Crippen LogP) is 3.07. The van der Waals surface area contributed by atoms with Crippen molar-refractivity contribution in [2.24, 2.45) is 5.73 Å². The lowest BCUT2D eigenvalue weighted by Gasteiger charge is -2.14. The first-order valence-electron chi connectivity index (χ1n) is 9.22. The van der Waals surface area contributed by atoms with Gasteiger partial charge in [-0.05, 0) is 35.9 Å². The summed E-state index contributed by atoms with van der Waals surface area (Å²) in [5.41, 5.74) is 9.42. The molecule has 0 radical (unpaired) electrons. The number of ether oxygens (including phenoxy) is 2. The van der Waals surface area contributed by atoms with Gasteiger partial charge in [0.25, 0.3) is 0 Å². The summed E-state index contributed by atoms with van der Waals surface area (Å²) in [5.74, 6) is 2.33. The van der Waals surface area contributed by atoms with E-state index in [9.17, 15) is 0 Å². The molecular formula is C21H21N7O2. The van der Waals surface area contributed by atoms with E-state index in [0.717, 1.165) is 11.1 Å². The number of methoxy groups -OCH3 is 2. The van der Waals surface area contributed by atoms with Gasteiger partial charge in [-0.15, -0.1) is 10.2 Å². The van der Waals surface area contributed by atoms with E-state index >= 15 is 0 Å². The van der Waals surface area contributed by atoms with Crippen molar-refractivity contribution in [3.63, 3.8) is 0 Å². The van der Waals surface area contributed by atoms with Crippen molar-refractivity contribution >= 4 is 11.6 Å². The van der Waals surface area contributed by atoms with Gasteiger partial charge < -0.3 is 25.5 Å². The predicted molar refractivity (Wildman–Crippen MR) is 113 cm³/mol. The van der Waals surface area contributed by atoms with E-state index in [4.69, 9.17) is 15.2 Å². The zero-order valence-electron chi connectivity index (χ0n) is 16.5. The summed E-state index contributed by atoms with van der Waals surface area (Å²) in [6, 6.07) is 12.5. The molecule has 0 spiro atoms. The average Bonchev–Trinajstić information content (AvgIpc) is 3.27. The first-order chi connectivity index (χ1) is 14.7. The van der Waals surface area contributed by atoms with Crippen LogP contribution in [0.5, 0.6) is 11.5 Å². The molecule has 1 unspecified atom stereocenters. The van der Waals surface area contributed by atoms with Gasteiger partial charge in [0.05, 0.1) is 31.6 Å². The van der Waals surface area contributed by atoms with Crippen molar-refractivity contribution in [3.8, 4) is 22.9 Å². The zero-order valence-corrected chi connectivity index (χ0v) is 16.5. The second kappa shape index (κ2) is 8.58. The molecule has 1 atom stereocenters. The Morgan fingerprint density at radius 3 is 2.67 bits per heavy atom. The fraction of sp³-hybridized carbons (Fsp3) is 0.143. The lowest BCUT2D eigenvalue weighted by Crippen LogP contribution is -2.15. The zero-order chi connectivity index (χ0) is 20.9. The van der Waals surface area contributed by atoms with Crippen molar-refractivity contribution in [3.05, 3.63) is 72.3 Å². The number of hydrogen-bond acceptors (Lipinski definition) is 8. The van der Waals surface area contributed by atoms with Gasteiger partial charge in [0.2, 0.25) is 5.95 Å². The highest BCUT2D eigenvalue weighted by atomic mass is 16.5. The molecule has 0 saturated carbocycles. The number of hydrogen-bond donors (Lipinski definition) is 3. The third kappa shape index (κ3) is 3.91. The summed E-state index contributed by atoms with van der Waals surface area (Å²) in [5, 5.41) is 11.6. The van der Waals surface area contributed by atoms with E-state index in [1.165, 1.54) is 0 Å². The Balaban J connectivity index is 1.64. The van der Waals surface area contributed by atoms with Gasteiger partial charge in [-0.3, -0.25) is 9.97 Å². The Bertz CT molecular complexity index is 1130. The van der Waals surface area contributed by atoms with Crippen LogP contribution in [0.15, 0.2) is 61.1 Å². The highest BCUT2D eigenvalue weighted by Crippen LogP contribution is 2.32. The van der Waals surface area contributed by atoms with Crippen molar-refractivity contribution in [1.29, 1.82) is 0 Å². The molecule has 0 fully saturated rings. The molecule has 0 amide bonds. The molecule has 152 valence electrons. The normalized spacial score (nSPS) is 11.7. The van der Waals surface area contributed by atoms with E-state index in [0.29, 0.717) is 34.7 Å². The van der Waals surface area contributed by atoms with Crippen LogP contribution in [-0.4, -0.2) is 39.4 Å². The number of rotatable bonds is 7. The van der Waals surface area contributed by atoms with Crippen LogP contribution < -0.4 is 20.5 Å². The number of nitrogens with zero attached hydrogens (tertiary/aromatic N) is 4. The molecule has 9 nitrogen and oxygen atoms in total. The molecule has 1 aromatic carbocycles. The molecular weight excluding hydrogens is 382 g/mol. The van der Waals surface area contributed by atoms with Crippen LogP contribution in [-0.2, 0) is 0 Å². The van der Waals surface area contributed by atoms with Gasteiger partial charge in [-0.2, -0.15) is 0 Å². The summed E-state index contributed by atoms with van der Waals surface area (Å²) in [7, 11) is 3.20. The van der Waals surface area contributed by atoms with Crippen LogP contribution in [0.1, 0.15) is 17.3 Å². The number of pyridine rings is 2. The Morgan fingerprint density at radius 2 is 1.90 bits per heavy atom. The van der Waals surface area contributed by atoms with Gasteiger partial charge in [-0.1, -0.05) is 6.07 Å². The van der Waals surface area contributed by atoms with Crippen molar-refractivity contribution in [2.75, 3.05) is 19.5 Å².